The summed E-state index contributed by atoms with van der Waals surface area (Å²) in [5, 5.41) is 3.09. The van der Waals surface area contributed by atoms with E-state index in [-0.39, 0.29) is 30.0 Å². The average Bonchev–Trinajstić information content (AvgIpc) is 3.00. The van der Waals surface area contributed by atoms with Gasteiger partial charge >= 0.3 is 0 Å². The molecule has 2 aromatic rings. The van der Waals surface area contributed by atoms with Crippen molar-refractivity contribution in [2.24, 2.45) is 0 Å². The van der Waals surface area contributed by atoms with Gasteiger partial charge in [0, 0.05) is 5.69 Å². The van der Waals surface area contributed by atoms with Gasteiger partial charge in [-0.2, -0.15) is 0 Å². The number of benzene rings is 2. The van der Waals surface area contributed by atoms with Gasteiger partial charge in [0.05, 0.1) is 36.9 Å². The first-order chi connectivity index (χ1) is 12.5. The number of hydrogen-bond donors (Lipinski definition) is 1. The van der Waals surface area contributed by atoms with E-state index >= 15 is 0 Å². The lowest BCUT2D eigenvalue weighted by Crippen LogP contribution is -2.44. The highest BCUT2D eigenvalue weighted by Gasteiger charge is 2.35. The second-order valence-electron chi connectivity index (χ2n) is 6.21. The summed E-state index contributed by atoms with van der Waals surface area (Å²) in [6.07, 6.45) is 0.456. The zero-order valence-electron chi connectivity index (χ0n) is 14.6. The fourth-order valence-corrected chi connectivity index (χ4v) is 4.87. The van der Waals surface area contributed by atoms with E-state index < -0.39 is 9.84 Å². The number of nitrogens with zero attached hydrogens (tertiary/aromatic N) is 1. The fraction of sp³-hybridized carbons (Fsp3) is 0.316. The van der Waals surface area contributed by atoms with E-state index in [4.69, 9.17) is 4.74 Å². The third-order valence-electron chi connectivity index (χ3n) is 4.41. The molecule has 3 rings (SSSR count). The van der Waals surface area contributed by atoms with Gasteiger partial charge < -0.3 is 15.0 Å². The number of nitrogens with one attached hydrogen (secondary N) is 1. The molecule has 2 aromatic carbocycles. The lowest BCUT2D eigenvalue weighted by atomic mass is 10.1. The van der Waals surface area contributed by atoms with Gasteiger partial charge in [-0.25, -0.2) is 8.42 Å². The Morgan fingerprint density at radius 3 is 2.50 bits per heavy atom. The maximum Gasteiger partial charge on any atom is 0.246 e. The molecule has 0 aliphatic carbocycles. The van der Waals surface area contributed by atoms with Crippen molar-refractivity contribution in [2.75, 3.05) is 35.4 Å². The minimum Gasteiger partial charge on any atom is -0.495 e. The first kappa shape index (κ1) is 18.3. The predicted octanol–water partition coefficient (Wildman–Crippen LogP) is 2.33. The second-order valence-corrected chi connectivity index (χ2v) is 8.44. The number of rotatable bonds is 6. The molecule has 0 unspecified atom stereocenters. The van der Waals surface area contributed by atoms with E-state index in [0.717, 1.165) is 5.69 Å². The molecule has 1 aliphatic rings. The Morgan fingerprint density at radius 1 is 1.15 bits per heavy atom. The molecule has 0 bridgehead atoms. The van der Waals surface area contributed by atoms with E-state index in [1.807, 2.05) is 54.6 Å². The third-order valence-corrected chi connectivity index (χ3v) is 6.16. The molecule has 1 heterocycles. The predicted molar refractivity (Wildman–Crippen MR) is 102 cm³/mol. The quantitative estimate of drug-likeness (QED) is 0.840. The zero-order valence-corrected chi connectivity index (χ0v) is 15.4. The number of carbonyl (C=O) groups is 1. The van der Waals surface area contributed by atoms with Crippen LogP contribution in [0.2, 0.25) is 0 Å². The molecule has 1 aliphatic heterocycles. The molecule has 7 heteroatoms. The van der Waals surface area contributed by atoms with Crippen LogP contribution < -0.4 is 15.0 Å². The van der Waals surface area contributed by atoms with Gasteiger partial charge in [-0.05, 0) is 30.7 Å². The number of ether oxygens (including phenoxy) is 1. The molecule has 6 nitrogen and oxygen atoms in total. The highest BCUT2D eigenvalue weighted by atomic mass is 32.2. The van der Waals surface area contributed by atoms with E-state index in [2.05, 4.69) is 5.32 Å². The maximum absolute atomic E-state index is 12.9. The van der Waals surface area contributed by atoms with Crippen LogP contribution in [0.4, 0.5) is 11.4 Å². The Labute approximate surface area is 153 Å². The first-order valence-electron chi connectivity index (χ1n) is 8.44. The van der Waals surface area contributed by atoms with Gasteiger partial charge in [-0.15, -0.1) is 0 Å². The summed E-state index contributed by atoms with van der Waals surface area (Å²) in [5.74, 6) is 0.593. The normalized spacial score (nSPS) is 18.3. The van der Waals surface area contributed by atoms with E-state index in [1.165, 1.54) is 0 Å². The minimum absolute atomic E-state index is 0.00227. The topological polar surface area (TPSA) is 75.7 Å². The van der Waals surface area contributed by atoms with Gasteiger partial charge in [-0.1, -0.05) is 30.3 Å². The molecule has 26 heavy (non-hydrogen) atoms. The van der Waals surface area contributed by atoms with E-state index in [9.17, 15) is 13.2 Å². The Hall–Kier alpha value is -2.54. The zero-order chi connectivity index (χ0) is 18.6. The Kier molecular flexibility index (Phi) is 5.46. The van der Waals surface area contributed by atoms with E-state index in [1.54, 1.807) is 12.0 Å². The summed E-state index contributed by atoms with van der Waals surface area (Å²) < 4.78 is 29.1. The van der Waals surface area contributed by atoms with Crippen LogP contribution in [0, 0.1) is 0 Å². The fourth-order valence-electron chi connectivity index (χ4n) is 3.17. The van der Waals surface area contributed by atoms with Gasteiger partial charge in [0.25, 0.3) is 0 Å². The molecule has 0 saturated carbocycles. The second kappa shape index (κ2) is 7.78. The molecule has 138 valence electrons. The number of anilines is 2. The van der Waals surface area contributed by atoms with Crippen LogP contribution in [0.25, 0.3) is 0 Å². The monoisotopic (exact) mass is 374 g/mol. The summed E-state index contributed by atoms with van der Waals surface area (Å²) in [5.41, 5.74) is 1.43. The SMILES string of the molecule is COc1ccccc1NCC(=O)N(c1ccccc1)[C@@H]1CCS(=O)(=O)C1. The average molecular weight is 374 g/mol. The molecule has 1 saturated heterocycles. The van der Waals surface area contributed by atoms with Crippen molar-refractivity contribution >= 4 is 27.1 Å². The third kappa shape index (κ3) is 4.16. The van der Waals surface area contributed by atoms with Crippen molar-refractivity contribution in [1.29, 1.82) is 0 Å². The maximum atomic E-state index is 12.9. The molecule has 1 N–H and O–H groups in total. The molecular formula is C19H22N2O4S. The van der Waals surface area contributed by atoms with Gasteiger partial charge in [-0.3, -0.25) is 4.79 Å². The summed E-state index contributed by atoms with van der Waals surface area (Å²) in [6.45, 7) is 0.0474. The first-order valence-corrected chi connectivity index (χ1v) is 10.3. The van der Waals surface area contributed by atoms with Crippen molar-refractivity contribution in [3.05, 3.63) is 54.6 Å². The summed E-state index contributed by atoms with van der Waals surface area (Å²) in [7, 11) is -1.52. The summed E-state index contributed by atoms with van der Waals surface area (Å²) in [4.78, 5) is 14.5. The van der Waals surface area contributed by atoms with Crippen LogP contribution in [0.3, 0.4) is 0 Å². The van der Waals surface area contributed by atoms with Crippen LogP contribution >= 0.6 is 0 Å². The Morgan fingerprint density at radius 2 is 1.85 bits per heavy atom. The number of para-hydroxylation sites is 3. The molecule has 0 spiro atoms. The van der Waals surface area contributed by atoms with Crippen molar-refractivity contribution in [3.8, 4) is 5.75 Å². The summed E-state index contributed by atoms with van der Waals surface area (Å²) in [6, 6.07) is 16.2. The van der Waals surface area contributed by atoms with Crippen molar-refractivity contribution in [1.82, 2.24) is 0 Å². The van der Waals surface area contributed by atoms with Crippen LogP contribution in [0.1, 0.15) is 6.42 Å². The molecule has 0 aromatic heterocycles. The molecule has 0 radical (unpaired) electrons. The summed E-state index contributed by atoms with van der Waals surface area (Å²) >= 11 is 0. The molecule has 1 amide bonds. The van der Waals surface area contributed by atoms with Gasteiger partial charge in [0.1, 0.15) is 5.75 Å². The molecule has 1 fully saturated rings. The Balaban J connectivity index is 1.79. The van der Waals surface area contributed by atoms with Crippen LogP contribution in [0.5, 0.6) is 5.75 Å². The lowest BCUT2D eigenvalue weighted by Gasteiger charge is -2.28. The lowest BCUT2D eigenvalue weighted by molar-refractivity contribution is -0.117. The van der Waals surface area contributed by atoms with Crippen LogP contribution in [-0.4, -0.2) is 45.5 Å². The number of carbonyl (C=O) groups excluding carboxylic acids is 1. The Bertz CT molecular complexity index is 868. The largest absolute Gasteiger partial charge is 0.495 e. The van der Waals surface area contributed by atoms with E-state index in [0.29, 0.717) is 17.9 Å². The van der Waals surface area contributed by atoms with Gasteiger partial charge in [0.2, 0.25) is 5.91 Å². The van der Waals surface area contributed by atoms with Crippen LogP contribution in [0.15, 0.2) is 54.6 Å². The standard InChI is InChI=1S/C19H22N2O4S/c1-25-18-10-6-5-9-17(18)20-13-19(22)21(15-7-3-2-4-8-15)16-11-12-26(23,24)14-16/h2-10,16,20H,11-14H2,1H3/t16-/m1/s1. The van der Waals surface area contributed by atoms with Crippen molar-refractivity contribution < 1.29 is 17.9 Å². The number of sulfone groups is 1. The highest BCUT2D eigenvalue weighted by Crippen LogP contribution is 2.26. The van der Waals surface area contributed by atoms with Crippen molar-refractivity contribution in [2.45, 2.75) is 12.5 Å². The van der Waals surface area contributed by atoms with Crippen molar-refractivity contribution in [3.63, 3.8) is 0 Å². The molecule has 1 atom stereocenters. The smallest absolute Gasteiger partial charge is 0.246 e. The highest BCUT2D eigenvalue weighted by molar-refractivity contribution is 7.91. The van der Waals surface area contributed by atoms with Gasteiger partial charge in [0.15, 0.2) is 9.84 Å². The molecular weight excluding hydrogens is 352 g/mol. The number of amides is 1. The number of methoxy groups -OCH3 is 1. The minimum atomic E-state index is -3.09. The van der Waals surface area contributed by atoms with Crippen LogP contribution in [-0.2, 0) is 14.6 Å². The number of hydrogen-bond acceptors (Lipinski definition) is 5.